The van der Waals surface area contributed by atoms with Gasteiger partial charge in [0.25, 0.3) is 0 Å². The first-order chi connectivity index (χ1) is 20.9. The molecule has 1 saturated heterocycles. The number of carbonyl (C=O) groups is 3. The van der Waals surface area contributed by atoms with Crippen molar-refractivity contribution in [1.82, 2.24) is 34.6 Å². The van der Waals surface area contributed by atoms with Crippen LogP contribution < -0.4 is 5.32 Å². The summed E-state index contributed by atoms with van der Waals surface area (Å²) in [5.41, 5.74) is 0.462. The van der Waals surface area contributed by atoms with Crippen molar-refractivity contribution in [3.63, 3.8) is 0 Å². The number of carbonyl (C=O) groups excluding carboxylic acids is 3. The van der Waals surface area contributed by atoms with Crippen LogP contribution in [0.2, 0.25) is 0 Å². The summed E-state index contributed by atoms with van der Waals surface area (Å²) in [6.45, 7) is 6.02. The number of nitrogens with one attached hydrogen (secondary N) is 1. The molecule has 0 unspecified atom stereocenters. The zero-order chi connectivity index (χ0) is 31.6. The number of rotatable bonds is 7. The molecule has 0 spiro atoms. The summed E-state index contributed by atoms with van der Waals surface area (Å²) in [5.74, 6) is -0.449. The van der Waals surface area contributed by atoms with Crippen LogP contribution in [0.1, 0.15) is 53.8 Å². The fourth-order valence-electron chi connectivity index (χ4n) is 6.23. The van der Waals surface area contributed by atoms with Gasteiger partial charge in [-0.2, -0.15) is 5.10 Å². The molecule has 13 nitrogen and oxygen atoms in total. The molecule has 2 aliphatic rings. The Balaban J connectivity index is 1.37. The molecule has 6 rings (SSSR count). The predicted molar refractivity (Wildman–Crippen MR) is 162 cm³/mol. The highest BCUT2D eigenvalue weighted by Gasteiger charge is 2.74. The molecule has 1 saturated carbocycles. The number of aliphatic hydroxyl groups excluding tert-OH is 1. The van der Waals surface area contributed by atoms with Gasteiger partial charge in [0.2, 0.25) is 11.8 Å². The first-order valence-electron chi connectivity index (χ1n) is 14.1. The number of ketones is 1. The molecule has 1 aliphatic carbocycles. The zero-order valence-electron chi connectivity index (χ0n) is 24.6. The molecule has 3 N–H and O–H groups in total. The first kappa shape index (κ1) is 29.9. The van der Waals surface area contributed by atoms with E-state index in [1.54, 1.807) is 51.4 Å². The Labute approximate surface area is 260 Å². The Kier molecular flexibility index (Phi) is 7.33. The fraction of sp³-hybridized carbons (Fsp3) is 0.400. The minimum Gasteiger partial charge on any atom is -0.396 e. The number of piperidine rings is 1. The third-order valence-corrected chi connectivity index (χ3v) is 9.13. The van der Waals surface area contributed by atoms with E-state index < -0.39 is 29.0 Å². The third-order valence-electron chi connectivity index (χ3n) is 8.69. The van der Waals surface area contributed by atoms with Crippen molar-refractivity contribution in [2.75, 3.05) is 11.9 Å². The molecule has 5 heterocycles. The van der Waals surface area contributed by atoms with Crippen LogP contribution in [-0.2, 0) is 16.1 Å². The topological polar surface area (TPSA) is 176 Å². The molecular formula is C30H31BrN8O5. The summed E-state index contributed by atoms with van der Waals surface area (Å²) < 4.78 is 1.92. The Morgan fingerprint density at radius 3 is 2.55 bits per heavy atom. The predicted octanol–water partition coefficient (Wildman–Crippen LogP) is 2.87. The first-order valence-corrected chi connectivity index (χ1v) is 14.9. The molecule has 0 radical (unpaired) electrons. The van der Waals surface area contributed by atoms with E-state index in [4.69, 9.17) is 0 Å². The average molecular weight is 664 g/mol. The number of anilines is 1. The van der Waals surface area contributed by atoms with E-state index in [2.05, 4.69) is 46.3 Å². The van der Waals surface area contributed by atoms with Crippen LogP contribution in [0, 0.1) is 26.2 Å². The molecule has 44 heavy (non-hydrogen) atoms. The minimum atomic E-state index is -1.71. The van der Waals surface area contributed by atoms with Gasteiger partial charge in [-0.05, 0) is 67.2 Å². The summed E-state index contributed by atoms with van der Waals surface area (Å²) in [6.07, 6.45) is 4.03. The summed E-state index contributed by atoms with van der Waals surface area (Å²) >= 11 is 3.31. The lowest BCUT2D eigenvalue weighted by Gasteiger charge is -2.42. The molecule has 0 aromatic carbocycles. The molecule has 14 heteroatoms. The summed E-state index contributed by atoms with van der Waals surface area (Å²) in [5, 5.41) is 29.6. The highest BCUT2D eigenvalue weighted by atomic mass is 79.9. The van der Waals surface area contributed by atoms with Gasteiger partial charge in [0.15, 0.2) is 5.78 Å². The minimum absolute atomic E-state index is 0.140. The number of likely N-dealkylation sites (tertiary alicyclic amines) is 1. The van der Waals surface area contributed by atoms with E-state index in [0.29, 0.717) is 50.5 Å². The van der Waals surface area contributed by atoms with Crippen molar-refractivity contribution >= 4 is 50.2 Å². The highest BCUT2D eigenvalue weighted by molar-refractivity contribution is 9.10. The molecule has 4 aromatic heterocycles. The summed E-state index contributed by atoms with van der Waals surface area (Å²) in [7, 11) is 0. The van der Waals surface area contributed by atoms with Gasteiger partial charge in [-0.15, -0.1) is 0 Å². The van der Waals surface area contributed by atoms with E-state index in [9.17, 15) is 24.6 Å². The van der Waals surface area contributed by atoms with Crippen molar-refractivity contribution < 1.29 is 24.6 Å². The Morgan fingerprint density at radius 1 is 1.14 bits per heavy atom. The quantitative estimate of drug-likeness (QED) is 0.197. The maximum absolute atomic E-state index is 14.1. The largest absolute Gasteiger partial charge is 0.396 e. The Hall–Kier alpha value is -4.14. The van der Waals surface area contributed by atoms with Crippen molar-refractivity contribution in [1.29, 1.82) is 0 Å². The molecule has 3 atom stereocenters. The molecule has 4 aromatic rings. The van der Waals surface area contributed by atoms with E-state index in [1.165, 1.54) is 16.5 Å². The van der Waals surface area contributed by atoms with E-state index in [-0.39, 0.29) is 37.5 Å². The fourth-order valence-corrected chi connectivity index (χ4v) is 6.54. The number of hydrogen-bond donors (Lipinski definition) is 3. The molecule has 1 aliphatic heterocycles. The Morgan fingerprint density at radius 2 is 1.86 bits per heavy atom. The molecule has 2 fully saturated rings. The van der Waals surface area contributed by atoms with E-state index in [1.807, 2.05) is 0 Å². The number of pyridine rings is 2. The number of halogens is 1. The van der Waals surface area contributed by atoms with Gasteiger partial charge in [0.1, 0.15) is 40.3 Å². The number of nitrogens with zero attached hydrogens (tertiary/aromatic N) is 7. The van der Waals surface area contributed by atoms with Crippen molar-refractivity contribution in [2.24, 2.45) is 5.41 Å². The second kappa shape index (κ2) is 10.8. The van der Waals surface area contributed by atoms with Gasteiger partial charge in [-0.1, -0.05) is 6.07 Å². The molecule has 228 valence electrons. The van der Waals surface area contributed by atoms with Gasteiger partial charge >= 0.3 is 0 Å². The molecular weight excluding hydrogens is 632 g/mol. The maximum atomic E-state index is 14.1. The van der Waals surface area contributed by atoms with Crippen LogP contribution in [0.25, 0.3) is 22.2 Å². The maximum Gasteiger partial charge on any atom is 0.248 e. The van der Waals surface area contributed by atoms with Gasteiger partial charge in [0, 0.05) is 42.1 Å². The number of Topliss-reactive ketones (excluding diaryl/α,β-unsaturated/α-hetero) is 1. The lowest BCUT2D eigenvalue weighted by atomic mass is 9.89. The number of aryl methyl sites for hydroxylation is 3. The van der Waals surface area contributed by atoms with E-state index in [0.717, 1.165) is 5.56 Å². The Bertz CT molecular complexity index is 1840. The van der Waals surface area contributed by atoms with Crippen LogP contribution in [0.15, 0.2) is 35.2 Å². The number of amides is 2. The molecule has 0 bridgehead atoms. The zero-order valence-corrected chi connectivity index (χ0v) is 26.2. The number of aliphatic hydroxyl groups is 2. The monoisotopic (exact) mass is 662 g/mol. The normalized spacial score (nSPS) is 22.5. The summed E-state index contributed by atoms with van der Waals surface area (Å²) in [4.78, 5) is 59.1. The number of aromatic nitrogens is 6. The lowest BCUT2D eigenvalue weighted by Crippen LogP contribution is -2.59. The van der Waals surface area contributed by atoms with Crippen LogP contribution in [0.5, 0.6) is 0 Å². The SMILES string of the molecule is CC(=O)c1nn(CC(=O)N2[C@H](C(=O)Nc3nc(Br)ccc3C)CC[C@@]3(CO)C[C@@]23O)c2c(C)nc(-c3cnc(C)nc3)cc12. The van der Waals surface area contributed by atoms with Crippen molar-refractivity contribution in [3.05, 3.63) is 58.0 Å². The lowest BCUT2D eigenvalue weighted by molar-refractivity contribution is -0.167. The van der Waals surface area contributed by atoms with Crippen molar-refractivity contribution in [3.8, 4) is 11.3 Å². The molecule has 2 amide bonds. The average Bonchev–Trinajstić information content (AvgIpc) is 3.46. The van der Waals surface area contributed by atoms with Gasteiger partial charge in [-0.25, -0.2) is 15.0 Å². The van der Waals surface area contributed by atoms with Gasteiger partial charge < -0.3 is 20.4 Å². The number of fused-ring (bicyclic) bond motifs is 2. The second-order valence-corrected chi connectivity index (χ2v) is 12.4. The van der Waals surface area contributed by atoms with Crippen LogP contribution in [-0.4, -0.2) is 80.8 Å². The summed E-state index contributed by atoms with van der Waals surface area (Å²) in [6, 6.07) is 4.24. The smallest absolute Gasteiger partial charge is 0.248 e. The highest BCUT2D eigenvalue weighted by Crippen LogP contribution is 2.64. The number of hydrogen-bond acceptors (Lipinski definition) is 10. The second-order valence-electron chi connectivity index (χ2n) is 11.6. The third kappa shape index (κ3) is 4.86. The standard InChI is InChI=1S/C30H31BrN8O5/c1-15-5-6-23(31)35-27(15)36-28(43)22-7-8-29(14-40)13-30(29,44)39(22)24(42)12-38-26-16(2)34-21(19-10-32-18(4)33-11-19)9-20(26)25(37-38)17(3)41/h5-6,9-11,22,40,44H,7-8,12-14H2,1-4H3,(H,35,36,43)/t22-,29-,30-/m0/s1. The van der Waals surface area contributed by atoms with E-state index >= 15 is 0 Å². The van der Waals surface area contributed by atoms with Crippen LogP contribution in [0.3, 0.4) is 0 Å². The van der Waals surface area contributed by atoms with Gasteiger partial charge in [0.05, 0.1) is 23.5 Å². The van der Waals surface area contributed by atoms with Crippen molar-refractivity contribution in [2.45, 2.75) is 65.3 Å². The van der Waals surface area contributed by atoms with Gasteiger partial charge in [-0.3, -0.25) is 24.0 Å². The van der Waals surface area contributed by atoms with Crippen LogP contribution >= 0.6 is 15.9 Å². The van der Waals surface area contributed by atoms with Crippen LogP contribution in [0.4, 0.5) is 5.82 Å².